The zero-order chi connectivity index (χ0) is 10.0. The van der Waals surface area contributed by atoms with Gasteiger partial charge < -0.3 is 15.9 Å². The molecular weight excluding hydrogens is 174 g/mol. The second kappa shape index (κ2) is 3.74. The summed E-state index contributed by atoms with van der Waals surface area (Å²) in [5.74, 6) is -2.91. The Balaban J connectivity index is 2.64. The summed E-state index contributed by atoms with van der Waals surface area (Å²) in [6.45, 7) is 0. The van der Waals surface area contributed by atoms with Crippen molar-refractivity contribution in [2.75, 3.05) is 0 Å². The predicted octanol–water partition coefficient (Wildman–Crippen LogP) is -0.101. The van der Waals surface area contributed by atoms with Gasteiger partial charge in [0.2, 0.25) is 0 Å². The highest BCUT2D eigenvalue weighted by molar-refractivity contribution is 5.74. The maximum Gasteiger partial charge on any atom is 0.308 e. The van der Waals surface area contributed by atoms with Gasteiger partial charge in [0.1, 0.15) is 0 Å². The molecule has 1 aliphatic rings. The number of hydrogen-bond donors (Lipinski definition) is 3. The van der Waals surface area contributed by atoms with Crippen molar-refractivity contribution < 1.29 is 19.8 Å². The molecular formula is C8H13NO4. The van der Waals surface area contributed by atoms with E-state index in [4.69, 9.17) is 15.9 Å². The number of hydrogen-bond acceptors (Lipinski definition) is 3. The molecule has 0 spiro atoms. The van der Waals surface area contributed by atoms with Gasteiger partial charge >= 0.3 is 11.9 Å². The van der Waals surface area contributed by atoms with E-state index in [0.29, 0.717) is 12.8 Å². The molecule has 5 heteroatoms. The summed E-state index contributed by atoms with van der Waals surface area (Å²) >= 11 is 0. The minimum atomic E-state index is -0.976. The van der Waals surface area contributed by atoms with Crippen molar-refractivity contribution >= 4 is 11.9 Å². The highest BCUT2D eigenvalue weighted by Gasteiger charge is 2.39. The molecule has 3 atom stereocenters. The van der Waals surface area contributed by atoms with Gasteiger partial charge in [-0.15, -0.1) is 0 Å². The summed E-state index contributed by atoms with van der Waals surface area (Å²) in [6, 6.07) is -0.387. The molecule has 4 N–H and O–H groups in total. The van der Waals surface area contributed by atoms with Crippen molar-refractivity contribution in [3.05, 3.63) is 0 Å². The van der Waals surface area contributed by atoms with Crippen molar-refractivity contribution in [3.63, 3.8) is 0 Å². The summed E-state index contributed by atoms with van der Waals surface area (Å²) in [5.41, 5.74) is 5.57. The van der Waals surface area contributed by atoms with E-state index in [1.807, 2.05) is 0 Å². The first kappa shape index (κ1) is 9.98. The molecule has 5 nitrogen and oxygen atoms in total. The standard InChI is InChI=1S/C8H13NO4/c9-5-2-1-4(3-6(10)11)7(5)8(12)13/h4-5,7H,1-3,9H2,(H,10,11)(H,12,13)/t4-,5-,7+/m1/s1. The number of carbonyl (C=O) groups is 2. The van der Waals surface area contributed by atoms with E-state index in [-0.39, 0.29) is 18.4 Å². The molecule has 0 saturated heterocycles. The van der Waals surface area contributed by atoms with Crippen LogP contribution in [0.1, 0.15) is 19.3 Å². The molecule has 0 heterocycles. The highest BCUT2D eigenvalue weighted by Crippen LogP contribution is 2.33. The van der Waals surface area contributed by atoms with Crippen molar-refractivity contribution in [1.29, 1.82) is 0 Å². The van der Waals surface area contributed by atoms with Gasteiger partial charge in [0.15, 0.2) is 0 Å². The molecule has 0 bridgehead atoms. The summed E-state index contributed by atoms with van der Waals surface area (Å²) in [5, 5.41) is 17.3. The van der Waals surface area contributed by atoms with Crippen molar-refractivity contribution in [3.8, 4) is 0 Å². The molecule has 0 aromatic heterocycles. The SMILES string of the molecule is N[C@@H]1CC[C@H](CC(=O)O)[C@@H]1C(=O)O. The van der Waals surface area contributed by atoms with E-state index >= 15 is 0 Å². The van der Waals surface area contributed by atoms with Crippen LogP contribution in [0.15, 0.2) is 0 Å². The lowest BCUT2D eigenvalue weighted by molar-refractivity contribution is -0.144. The molecule has 74 valence electrons. The Morgan fingerprint density at radius 3 is 2.38 bits per heavy atom. The molecule has 1 saturated carbocycles. The van der Waals surface area contributed by atoms with Gasteiger partial charge in [-0.1, -0.05) is 0 Å². The van der Waals surface area contributed by atoms with Gasteiger partial charge in [0.05, 0.1) is 5.92 Å². The molecule has 0 amide bonds. The van der Waals surface area contributed by atoms with E-state index in [1.54, 1.807) is 0 Å². The summed E-state index contributed by atoms with van der Waals surface area (Å²) in [7, 11) is 0. The Morgan fingerprint density at radius 1 is 1.31 bits per heavy atom. The maximum atomic E-state index is 10.7. The van der Waals surface area contributed by atoms with Crippen LogP contribution < -0.4 is 5.73 Å². The molecule has 0 aromatic rings. The van der Waals surface area contributed by atoms with Crippen LogP contribution in [0.25, 0.3) is 0 Å². The lowest BCUT2D eigenvalue weighted by atomic mass is 9.91. The van der Waals surface area contributed by atoms with Crippen LogP contribution in [-0.4, -0.2) is 28.2 Å². The van der Waals surface area contributed by atoms with Crippen LogP contribution in [0.2, 0.25) is 0 Å². The Labute approximate surface area is 75.5 Å². The van der Waals surface area contributed by atoms with Gasteiger partial charge in [-0.05, 0) is 18.8 Å². The fraction of sp³-hybridized carbons (Fsp3) is 0.750. The van der Waals surface area contributed by atoms with E-state index in [2.05, 4.69) is 0 Å². The van der Waals surface area contributed by atoms with Crippen molar-refractivity contribution in [2.45, 2.75) is 25.3 Å². The van der Waals surface area contributed by atoms with Crippen molar-refractivity contribution in [2.24, 2.45) is 17.6 Å². The quantitative estimate of drug-likeness (QED) is 0.572. The lowest BCUT2D eigenvalue weighted by Crippen LogP contribution is -2.34. The van der Waals surface area contributed by atoms with E-state index in [0.717, 1.165) is 0 Å². The fourth-order valence-electron chi connectivity index (χ4n) is 1.95. The van der Waals surface area contributed by atoms with Crippen LogP contribution in [0.4, 0.5) is 0 Å². The largest absolute Gasteiger partial charge is 0.481 e. The smallest absolute Gasteiger partial charge is 0.308 e. The Hall–Kier alpha value is -1.10. The van der Waals surface area contributed by atoms with Gasteiger partial charge in [-0.3, -0.25) is 9.59 Å². The van der Waals surface area contributed by atoms with Gasteiger partial charge in [0, 0.05) is 12.5 Å². The zero-order valence-corrected chi connectivity index (χ0v) is 7.14. The Kier molecular flexibility index (Phi) is 2.87. The number of nitrogens with two attached hydrogens (primary N) is 1. The minimum Gasteiger partial charge on any atom is -0.481 e. The normalized spacial score (nSPS) is 33.2. The molecule has 1 aliphatic carbocycles. The third-order valence-corrected chi connectivity index (χ3v) is 2.56. The number of carboxylic acids is 2. The second-order valence-electron chi connectivity index (χ2n) is 3.46. The minimum absolute atomic E-state index is 0.0926. The van der Waals surface area contributed by atoms with Crippen LogP contribution in [-0.2, 0) is 9.59 Å². The van der Waals surface area contributed by atoms with Crippen LogP contribution in [0, 0.1) is 11.8 Å². The second-order valence-corrected chi connectivity index (χ2v) is 3.46. The number of rotatable bonds is 3. The van der Waals surface area contributed by atoms with Crippen LogP contribution in [0.5, 0.6) is 0 Å². The first-order valence-corrected chi connectivity index (χ1v) is 4.22. The number of carboxylic acid groups (broad SMARTS) is 2. The molecule has 0 radical (unpaired) electrons. The average Bonchev–Trinajstić information content (AvgIpc) is 2.30. The van der Waals surface area contributed by atoms with E-state index in [9.17, 15) is 9.59 Å². The summed E-state index contributed by atoms with van der Waals surface area (Å²) in [4.78, 5) is 21.1. The highest BCUT2D eigenvalue weighted by atomic mass is 16.4. The third kappa shape index (κ3) is 2.18. The zero-order valence-electron chi connectivity index (χ0n) is 7.14. The van der Waals surface area contributed by atoms with Crippen molar-refractivity contribution in [1.82, 2.24) is 0 Å². The molecule has 0 aromatic carbocycles. The third-order valence-electron chi connectivity index (χ3n) is 2.56. The number of aliphatic carboxylic acids is 2. The molecule has 1 rings (SSSR count). The Bertz CT molecular complexity index is 228. The molecule has 13 heavy (non-hydrogen) atoms. The first-order valence-electron chi connectivity index (χ1n) is 4.22. The van der Waals surface area contributed by atoms with Gasteiger partial charge in [0.25, 0.3) is 0 Å². The van der Waals surface area contributed by atoms with Crippen LogP contribution in [0.3, 0.4) is 0 Å². The average molecular weight is 187 g/mol. The van der Waals surface area contributed by atoms with Crippen LogP contribution >= 0.6 is 0 Å². The Morgan fingerprint density at radius 2 is 1.92 bits per heavy atom. The molecule has 0 unspecified atom stereocenters. The van der Waals surface area contributed by atoms with E-state index < -0.39 is 17.9 Å². The molecule has 0 aliphatic heterocycles. The van der Waals surface area contributed by atoms with Gasteiger partial charge in [-0.2, -0.15) is 0 Å². The summed E-state index contributed by atoms with van der Waals surface area (Å²) < 4.78 is 0. The predicted molar refractivity (Wildman–Crippen MR) is 44.1 cm³/mol. The maximum absolute atomic E-state index is 10.7. The van der Waals surface area contributed by atoms with E-state index in [1.165, 1.54) is 0 Å². The molecule has 1 fully saturated rings. The summed E-state index contributed by atoms with van der Waals surface area (Å²) in [6.07, 6.45) is 1.12. The fourth-order valence-corrected chi connectivity index (χ4v) is 1.95. The van der Waals surface area contributed by atoms with Gasteiger partial charge in [-0.25, -0.2) is 0 Å². The first-order chi connectivity index (χ1) is 6.02. The lowest BCUT2D eigenvalue weighted by Gasteiger charge is -2.16. The topological polar surface area (TPSA) is 101 Å². The monoisotopic (exact) mass is 187 g/mol.